The molecule has 0 atom stereocenters. The van der Waals surface area contributed by atoms with Crippen molar-refractivity contribution in [3.8, 4) is 5.69 Å². The molecule has 1 aromatic heterocycles. The highest BCUT2D eigenvalue weighted by Crippen LogP contribution is 2.21. The van der Waals surface area contributed by atoms with Crippen LogP contribution in [0.5, 0.6) is 0 Å². The van der Waals surface area contributed by atoms with Crippen LogP contribution in [0.25, 0.3) is 5.69 Å². The number of aromatic nitrogens is 4. The number of benzene rings is 2. The Morgan fingerprint density at radius 3 is 2.43 bits per heavy atom. The zero-order chi connectivity index (χ0) is 19.3. The minimum absolute atomic E-state index is 0.0528. The molecule has 3 aromatic rings. The van der Waals surface area contributed by atoms with E-state index in [4.69, 9.17) is 4.74 Å². The van der Waals surface area contributed by atoms with Crippen molar-refractivity contribution < 1.29 is 9.53 Å². The summed E-state index contributed by atoms with van der Waals surface area (Å²) < 4.78 is 7.03. The first-order valence-electron chi connectivity index (χ1n) is 9.15. The van der Waals surface area contributed by atoms with Crippen LogP contribution in [0.4, 0.5) is 5.69 Å². The molecule has 0 amide bonds. The first-order chi connectivity index (χ1) is 13.7. The monoisotopic (exact) mass is 395 g/mol. The van der Waals surface area contributed by atoms with Crippen molar-refractivity contribution in [2.45, 2.75) is 12.1 Å². The second kappa shape index (κ2) is 8.53. The van der Waals surface area contributed by atoms with E-state index < -0.39 is 0 Å². The average Bonchev–Trinajstić information content (AvgIpc) is 3.22. The van der Waals surface area contributed by atoms with Crippen molar-refractivity contribution >= 4 is 23.2 Å². The lowest BCUT2D eigenvalue weighted by Gasteiger charge is -2.28. The van der Waals surface area contributed by atoms with Gasteiger partial charge < -0.3 is 9.64 Å². The number of nitrogens with zero attached hydrogens (tertiary/aromatic N) is 5. The second-order valence-corrected chi connectivity index (χ2v) is 7.51. The first-order valence-corrected chi connectivity index (χ1v) is 10.1. The van der Waals surface area contributed by atoms with Crippen molar-refractivity contribution in [1.29, 1.82) is 0 Å². The molecule has 1 saturated heterocycles. The predicted octanol–water partition coefficient (Wildman–Crippen LogP) is 2.78. The van der Waals surface area contributed by atoms with Gasteiger partial charge in [-0.05, 0) is 53.7 Å². The molecule has 1 aliphatic heterocycles. The van der Waals surface area contributed by atoms with Gasteiger partial charge >= 0.3 is 0 Å². The Kier molecular flexibility index (Phi) is 5.68. The lowest BCUT2D eigenvalue weighted by Crippen LogP contribution is -2.36. The fraction of sp³-hybridized carbons (Fsp3) is 0.300. The minimum atomic E-state index is 0.0528. The molecule has 0 unspecified atom stereocenters. The summed E-state index contributed by atoms with van der Waals surface area (Å²) in [6, 6.07) is 15.7. The second-order valence-electron chi connectivity index (χ2n) is 6.57. The van der Waals surface area contributed by atoms with Crippen molar-refractivity contribution in [3.05, 3.63) is 59.7 Å². The number of rotatable bonds is 6. The number of Topliss-reactive ketones (excluding diaryl/α,β-unsaturated/α-hetero) is 1. The zero-order valence-electron chi connectivity index (χ0n) is 15.6. The molecule has 28 heavy (non-hydrogen) atoms. The van der Waals surface area contributed by atoms with Gasteiger partial charge in [0.1, 0.15) is 0 Å². The van der Waals surface area contributed by atoms with Gasteiger partial charge in [-0.25, -0.2) is 0 Å². The number of thioether (sulfide) groups is 1. The molecule has 0 radical (unpaired) electrons. The SMILES string of the molecule is Cc1ccc(-n2nnnc2SCC(=O)c2ccc(N3CCOCC3)cc2)cc1. The van der Waals surface area contributed by atoms with Gasteiger partial charge in [-0.3, -0.25) is 4.79 Å². The molecule has 4 rings (SSSR count). The third-order valence-corrected chi connectivity index (χ3v) is 5.54. The van der Waals surface area contributed by atoms with Crippen molar-refractivity contribution in [1.82, 2.24) is 20.2 Å². The maximum atomic E-state index is 12.6. The third-order valence-electron chi connectivity index (χ3n) is 4.62. The summed E-state index contributed by atoms with van der Waals surface area (Å²) in [7, 11) is 0. The maximum absolute atomic E-state index is 12.6. The van der Waals surface area contributed by atoms with Crippen LogP contribution in [0.3, 0.4) is 0 Å². The van der Waals surface area contributed by atoms with E-state index in [1.807, 2.05) is 55.5 Å². The van der Waals surface area contributed by atoms with Crippen LogP contribution in [-0.4, -0.2) is 58.0 Å². The summed E-state index contributed by atoms with van der Waals surface area (Å²) in [5, 5.41) is 12.4. The van der Waals surface area contributed by atoms with Crippen molar-refractivity contribution in [2.24, 2.45) is 0 Å². The van der Waals surface area contributed by atoms with Gasteiger partial charge in [0.2, 0.25) is 5.16 Å². The number of tetrazole rings is 1. The molecule has 0 aliphatic carbocycles. The molecular weight excluding hydrogens is 374 g/mol. The van der Waals surface area contributed by atoms with Crippen LogP contribution in [0.2, 0.25) is 0 Å². The van der Waals surface area contributed by atoms with Crippen LogP contribution in [-0.2, 0) is 4.74 Å². The number of morpholine rings is 1. The summed E-state index contributed by atoms with van der Waals surface area (Å²) in [6.45, 7) is 5.28. The normalized spacial score (nSPS) is 14.2. The Morgan fingerprint density at radius 2 is 1.71 bits per heavy atom. The summed E-state index contributed by atoms with van der Waals surface area (Å²) in [5.41, 5.74) is 3.86. The Bertz CT molecular complexity index is 934. The van der Waals surface area contributed by atoms with E-state index in [0.29, 0.717) is 10.7 Å². The number of carbonyl (C=O) groups excluding carboxylic acids is 1. The highest BCUT2D eigenvalue weighted by atomic mass is 32.2. The number of anilines is 1. The van der Waals surface area contributed by atoms with Gasteiger partial charge in [-0.1, -0.05) is 29.5 Å². The number of ether oxygens (including phenoxy) is 1. The molecule has 0 N–H and O–H groups in total. The average molecular weight is 395 g/mol. The van der Waals surface area contributed by atoms with Crippen LogP contribution in [0, 0.1) is 6.92 Å². The predicted molar refractivity (Wildman–Crippen MR) is 108 cm³/mol. The number of aryl methyl sites for hydroxylation is 1. The van der Waals surface area contributed by atoms with Crippen molar-refractivity contribution in [3.63, 3.8) is 0 Å². The van der Waals surface area contributed by atoms with Gasteiger partial charge in [-0.2, -0.15) is 4.68 Å². The first kappa shape index (κ1) is 18.6. The summed E-state index contributed by atoms with van der Waals surface area (Å²) >= 11 is 1.34. The lowest BCUT2D eigenvalue weighted by molar-refractivity contribution is 0.102. The Morgan fingerprint density at radius 1 is 1.04 bits per heavy atom. The van der Waals surface area contributed by atoms with E-state index in [9.17, 15) is 4.79 Å². The molecule has 1 fully saturated rings. The Hall–Kier alpha value is -2.71. The topological polar surface area (TPSA) is 73.1 Å². The molecular formula is C20H21N5O2S. The lowest BCUT2D eigenvalue weighted by atomic mass is 10.1. The molecule has 0 spiro atoms. The highest BCUT2D eigenvalue weighted by Gasteiger charge is 2.15. The van der Waals surface area contributed by atoms with E-state index in [0.717, 1.165) is 37.7 Å². The summed E-state index contributed by atoms with van der Waals surface area (Å²) in [5.74, 6) is 0.334. The quantitative estimate of drug-likeness (QED) is 0.469. The molecule has 7 nitrogen and oxygen atoms in total. The highest BCUT2D eigenvalue weighted by molar-refractivity contribution is 7.99. The zero-order valence-corrected chi connectivity index (χ0v) is 16.4. The smallest absolute Gasteiger partial charge is 0.214 e. The van der Waals surface area contributed by atoms with Crippen LogP contribution < -0.4 is 4.90 Å². The van der Waals surface area contributed by atoms with Gasteiger partial charge in [0.05, 0.1) is 24.7 Å². The van der Waals surface area contributed by atoms with E-state index >= 15 is 0 Å². The largest absolute Gasteiger partial charge is 0.378 e. The van der Waals surface area contributed by atoms with Gasteiger partial charge in [0, 0.05) is 24.3 Å². The van der Waals surface area contributed by atoms with Gasteiger partial charge in [-0.15, -0.1) is 5.10 Å². The standard InChI is InChI=1S/C20H21N5O2S/c1-15-2-6-18(7-3-15)25-20(21-22-23-25)28-14-19(26)16-4-8-17(9-5-16)24-10-12-27-13-11-24/h2-9H,10-14H2,1H3. The van der Waals surface area contributed by atoms with Crippen LogP contribution in [0.15, 0.2) is 53.7 Å². The summed E-state index contributed by atoms with van der Waals surface area (Å²) in [6.07, 6.45) is 0. The Labute approximate surface area is 167 Å². The molecule has 8 heteroatoms. The maximum Gasteiger partial charge on any atom is 0.214 e. The molecule has 1 aliphatic rings. The third kappa shape index (κ3) is 4.23. The van der Waals surface area contributed by atoms with Crippen molar-refractivity contribution in [2.75, 3.05) is 37.0 Å². The van der Waals surface area contributed by atoms with E-state index in [2.05, 4.69) is 20.4 Å². The molecule has 2 heterocycles. The molecule has 144 valence electrons. The summed E-state index contributed by atoms with van der Waals surface area (Å²) in [4.78, 5) is 14.9. The number of ketones is 1. The fourth-order valence-electron chi connectivity index (χ4n) is 3.01. The minimum Gasteiger partial charge on any atom is -0.378 e. The van der Waals surface area contributed by atoms with Gasteiger partial charge in [0.15, 0.2) is 5.78 Å². The van der Waals surface area contributed by atoms with Crippen LogP contribution >= 0.6 is 11.8 Å². The molecule has 0 saturated carbocycles. The van der Waals surface area contributed by atoms with Crippen LogP contribution in [0.1, 0.15) is 15.9 Å². The van der Waals surface area contributed by atoms with E-state index in [1.54, 1.807) is 4.68 Å². The number of carbonyl (C=O) groups is 1. The van der Waals surface area contributed by atoms with Gasteiger partial charge in [0.25, 0.3) is 0 Å². The number of hydrogen-bond acceptors (Lipinski definition) is 7. The van der Waals surface area contributed by atoms with E-state index in [-0.39, 0.29) is 11.5 Å². The molecule has 2 aromatic carbocycles. The molecule has 0 bridgehead atoms. The Balaban J connectivity index is 1.39. The van der Waals surface area contributed by atoms with E-state index in [1.165, 1.54) is 17.3 Å². The number of hydrogen-bond donors (Lipinski definition) is 0. The fourth-order valence-corrected chi connectivity index (χ4v) is 3.80.